The Balaban J connectivity index is 1.66. The summed E-state index contributed by atoms with van der Waals surface area (Å²) in [5, 5.41) is 18.6. The number of aromatic nitrogens is 1. The minimum absolute atomic E-state index is 0.0968. The lowest BCUT2D eigenvalue weighted by molar-refractivity contribution is -0.117. The Kier molecular flexibility index (Phi) is 5.77. The van der Waals surface area contributed by atoms with Crippen molar-refractivity contribution >= 4 is 28.4 Å². The number of ketones is 1. The molecule has 168 valence electrons. The zero-order valence-corrected chi connectivity index (χ0v) is 18.9. The molecule has 1 aliphatic rings. The van der Waals surface area contributed by atoms with E-state index in [1.165, 1.54) is 0 Å². The van der Waals surface area contributed by atoms with Gasteiger partial charge in [-0.1, -0.05) is 30.3 Å². The number of amides is 1. The SMILES string of the molecule is O=C1c2cccnc2N(Cc2ccccc2)C(=O)C1[S+](c1ccc(O)cc1)c1ccc(O)cc1. The topological polar surface area (TPSA) is 90.7 Å². The molecule has 0 spiro atoms. The van der Waals surface area contributed by atoms with Gasteiger partial charge in [0.1, 0.15) is 17.3 Å². The van der Waals surface area contributed by atoms with Crippen LogP contribution in [-0.2, 0) is 22.2 Å². The minimum atomic E-state index is -1.01. The highest BCUT2D eigenvalue weighted by Gasteiger charge is 2.53. The van der Waals surface area contributed by atoms with Crippen molar-refractivity contribution in [2.45, 2.75) is 21.6 Å². The fourth-order valence-electron chi connectivity index (χ4n) is 4.02. The summed E-state index contributed by atoms with van der Waals surface area (Å²) >= 11 is 0. The molecule has 0 radical (unpaired) electrons. The summed E-state index contributed by atoms with van der Waals surface area (Å²) in [6, 6.07) is 26.1. The third-order valence-electron chi connectivity index (χ3n) is 5.64. The van der Waals surface area contributed by atoms with E-state index in [0.717, 1.165) is 15.4 Å². The van der Waals surface area contributed by atoms with Crippen molar-refractivity contribution < 1.29 is 19.8 Å². The van der Waals surface area contributed by atoms with Crippen LogP contribution in [-0.4, -0.2) is 32.1 Å². The van der Waals surface area contributed by atoms with Gasteiger partial charge >= 0.3 is 0 Å². The largest absolute Gasteiger partial charge is 0.508 e. The summed E-state index contributed by atoms with van der Waals surface area (Å²) < 4.78 is 0. The summed E-state index contributed by atoms with van der Waals surface area (Å²) in [5.41, 5.74) is 1.33. The van der Waals surface area contributed by atoms with Gasteiger partial charge in [0, 0.05) is 6.20 Å². The van der Waals surface area contributed by atoms with Crippen molar-refractivity contribution in [3.63, 3.8) is 0 Å². The number of aromatic hydroxyl groups is 2. The second-order valence-corrected chi connectivity index (χ2v) is 9.94. The molecule has 6 nitrogen and oxygen atoms in total. The Bertz CT molecular complexity index is 1300. The van der Waals surface area contributed by atoms with Gasteiger partial charge in [-0.15, -0.1) is 0 Å². The number of hydrogen-bond acceptors (Lipinski definition) is 5. The molecule has 7 heteroatoms. The Morgan fingerprint density at radius 3 is 1.94 bits per heavy atom. The summed E-state index contributed by atoms with van der Waals surface area (Å²) in [4.78, 5) is 35.2. The van der Waals surface area contributed by atoms with Crippen molar-refractivity contribution in [2.24, 2.45) is 0 Å². The lowest BCUT2D eigenvalue weighted by Gasteiger charge is -2.31. The molecule has 1 aromatic heterocycles. The van der Waals surface area contributed by atoms with Crippen molar-refractivity contribution in [2.75, 3.05) is 4.90 Å². The summed E-state index contributed by atoms with van der Waals surface area (Å²) in [5.74, 6) is -0.0666. The average molecular weight is 470 g/mol. The van der Waals surface area contributed by atoms with Crippen LogP contribution in [0.4, 0.5) is 5.82 Å². The molecule has 0 saturated heterocycles. The van der Waals surface area contributed by atoms with E-state index in [9.17, 15) is 19.8 Å². The number of benzene rings is 3. The second-order valence-electron chi connectivity index (χ2n) is 7.85. The number of pyridine rings is 1. The van der Waals surface area contributed by atoms with Gasteiger partial charge in [-0.2, -0.15) is 0 Å². The van der Waals surface area contributed by atoms with Crippen LogP contribution in [0.25, 0.3) is 0 Å². The number of fused-ring (bicyclic) bond motifs is 1. The number of carbonyl (C=O) groups is 2. The average Bonchev–Trinajstić information content (AvgIpc) is 2.86. The number of phenols is 2. The van der Waals surface area contributed by atoms with Crippen LogP contribution < -0.4 is 4.90 Å². The molecule has 0 aliphatic carbocycles. The molecule has 1 unspecified atom stereocenters. The second kappa shape index (κ2) is 9.03. The normalized spacial score (nSPS) is 15.4. The van der Waals surface area contributed by atoms with E-state index < -0.39 is 16.1 Å². The maximum Gasteiger partial charge on any atom is 0.290 e. The van der Waals surface area contributed by atoms with Crippen molar-refractivity contribution in [3.05, 3.63) is 108 Å². The van der Waals surface area contributed by atoms with E-state index in [4.69, 9.17) is 0 Å². The molecule has 0 saturated carbocycles. The fraction of sp³-hybridized carbons (Fsp3) is 0.0741. The quantitative estimate of drug-likeness (QED) is 0.335. The number of nitrogens with zero attached hydrogens (tertiary/aromatic N) is 2. The van der Waals surface area contributed by atoms with E-state index in [2.05, 4.69) is 4.98 Å². The zero-order valence-electron chi connectivity index (χ0n) is 18.0. The maximum absolute atomic E-state index is 14.0. The van der Waals surface area contributed by atoms with Gasteiger partial charge in [0.2, 0.25) is 5.78 Å². The Morgan fingerprint density at radius 1 is 0.765 bits per heavy atom. The van der Waals surface area contributed by atoms with Gasteiger partial charge in [0.15, 0.2) is 9.79 Å². The van der Waals surface area contributed by atoms with E-state index in [1.807, 2.05) is 30.3 Å². The van der Waals surface area contributed by atoms with Crippen LogP contribution in [0.3, 0.4) is 0 Å². The summed E-state index contributed by atoms with van der Waals surface area (Å²) in [6.07, 6.45) is 1.58. The predicted molar refractivity (Wildman–Crippen MR) is 130 cm³/mol. The number of hydrogen-bond donors (Lipinski definition) is 2. The maximum atomic E-state index is 14.0. The highest BCUT2D eigenvalue weighted by atomic mass is 32.2. The molecule has 5 rings (SSSR count). The highest BCUT2D eigenvalue weighted by Crippen LogP contribution is 2.37. The van der Waals surface area contributed by atoms with Gasteiger partial charge < -0.3 is 10.2 Å². The summed E-state index contributed by atoms with van der Waals surface area (Å²) in [7, 11) is -0.991. The number of Topliss-reactive ketones (excluding diaryl/α,β-unsaturated/α-hetero) is 1. The van der Waals surface area contributed by atoms with Gasteiger partial charge in [-0.05, 0) is 66.2 Å². The molecule has 34 heavy (non-hydrogen) atoms. The molecular formula is C27H21N2O4S+. The Hall–Kier alpha value is -4.10. The standard InChI is InChI=1S/C27H20N2O4S/c30-19-8-12-21(13-9-19)34(22-14-10-20(31)11-15-22)25-24(32)23-7-4-16-28-26(23)29(27(25)33)17-18-5-2-1-3-6-18/h1-16,25H,17H2,(H-,30,31)/p+1. The molecule has 4 aromatic rings. The van der Waals surface area contributed by atoms with Gasteiger partial charge in [-0.25, -0.2) is 4.98 Å². The smallest absolute Gasteiger partial charge is 0.290 e. The molecule has 0 fully saturated rings. The first kappa shape index (κ1) is 21.7. The van der Waals surface area contributed by atoms with Gasteiger partial charge in [-0.3, -0.25) is 14.5 Å². The first-order chi connectivity index (χ1) is 16.5. The molecule has 2 heterocycles. The van der Waals surface area contributed by atoms with E-state index in [-0.39, 0.29) is 29.7 Å². The van der Waals surface area contributed by atoms with Crippen LogP contribution in [0.5, 0.6) is 11.5 Å². The number of rotatable bonds is 5. The van der Waals surface area contributed by atoms with Gasteiger partial charge in [0.25, 0.3) is 11.2 Å². The fourth-order valence-corrected chi connectivity index (χ4v) is 6.37. The Labute approximate surface area is 199 Å². The van der Waals surface area contributed by atoms with Crippen LogP contribution in [0, 0.1) is 0 Å². The lowest BCUT2D eigenvalue weighted by Crippen LogP contribution is -2.51. The monoisotopic (exact) mass is 469 g/mol. The third-order valence-corrected chi connectivity index (χ3v) is 8.08. The number of phenolic OH excluding ortho intramolecular Hbond substituents is 2. The molecule has 2 N–H and O–H groups in total. The number of anilines is 1. The lowest BCUT2D eigenvalue weighted by atomic mass is 10.0. The van der Waals surface area contributed by atoms with Crippen LogP contribution in [0.2, 0.25) is 0 Å². The molecule has 3 aromatic carbocycles. The van der Waals surface area contributed by atoms with Crippen molar-refractivity contribution in [1.29, 1.82) is 0 Å². The van der Waals surface area contributed by atoms with E-state index in [1.54, 1.807) is 71.8 Å². The third kappa shape index (κ3) is 4.02. The highest BCUT2D eigenvalue weighted by molar-refractivity contribution is 7.99. The molecule has 1 amide bonds. The number of carbonyl (C=O) groups excluding carboxylic acids is 2. The first-order valence-corrected chi connectivity index (χ1v) is 12.0. The van der Waals surface area contributed by atoms with Crippen LogP contribution in [0.1, 0.15) is 15.9 Å². The minimum Gasteiger partial charge on any atom is -0.508 e. The predicted octanol–water partition coefficient (Wildman–Crippen LogP) is 4.33. The zero-order chi connectivity index (χ0) is 23.7. The molecule has 0 bridgehead atoms. The van der Waals surface area contributed by atoms with Crippen molar-refractivity contribution in [3.8, 4) is 11.5 Å². The van der Waals surface area contributed by atoms with E-state index in [0.29, 0.717) is 11.4 Å². The van der Waals surface area contributed by atoms with Gasteiger partial charge in [0.05, 0.1) is 23.0 Å². The Morgan fingerprint density at radius 2 is 1.35 bits per heavy atom. The van der Waals surface area contributed by atoms with E-state index >= 15 is 0 Å². The summed E-state index contributed by atoms with van der Waals surface area (Å²) in [6.45, 7) is 0.288. The van der Waals surface area contributed by atoms with Crippen LogP contribution >= 0.6 is 0 Å². The van der Waals surface area contributed by atoms with Crippen molar-refractivity contribution in [1.82, 2.24) is 4.98 Å². The van der Waals surface area contributed by atoms with Crippen LogP contribution in [0.15, 0.2) is 107 Å². The molecular weight excluding hydrogens is 448 g/mol. The first-order valence-electron chi connectivity index (χ1n) is 10.7. The molecule has 1 aliphatic heterocycles. The molecule has 1 atom stereocenters.